The predicted octanol–water partition coefficient (Wildman–Crippen LogP) is 2.76. The molecule has 0 amide bonds. The van der Waals surface area contributed by atoms with Crippen LogP contribution in [0.5, 0.6) is 5.88 Å². The molecule has 2 rings (SSSR count). The van der Waals surface area contributed by atoms with Gasteiger partial charge in [-0.15, -0.1) is 10.2 Å². The molecule has 17 heavy (non-hydrogen) atoms. The van der Waals surface area contributed by atoms with Crippen LogP contribution in [0.25, 0.3) is 10.9 Å². The van der Waals surface area contributed by atoms with E-state index in [0.717, 1.165) is 22.9 Å². The van der Waals surface area contributed by atoms with Crippen LogP contribution in [-0.4, -0.2) is 15.2 Å². The number of para-hydroxylation sites is 1. The number of aromatic amines is 1. The van der Waals surface area contributed by atoms with Gasteiger partial charge in [0.05, 0.1) is 5.52 Å². The number of nitrogens with two attached hydrogens (primary N) is 1. The Hall–Kier alpha value is -1.95. The van der Waals surface area contributed by atoms with E-state index in [1.807, 2.05) is 25.1 Å². The van der Waals surface area contributed by atoms with Crippen molar-refractivity contribution in [2.45, 2.75) is 13.3 Å². The zero-order valence-corrected chi connectivity index (χ0v) is 10.1. The number of nitrogens with zero attached hydrogens (tertiary/aromatic N) is 2. The van der Waals surface area contributed by atoms with Crippen molar-refractivity contribution in [3.63, 3.8) is 0 Å². The third kappa shape index (κ3) is 2.12. The fraction of sp³-hybridized carbons (Fsp3) is 0.182. The van der Waals surface area contributed by atoms with Crippen molar-refractivity contribution < 1.29 is 5.11 Å². The molecule has 0 aliphatic carbocycles. The van der Waals surface area contributed by atoms with Gasteiger partial charge in [-0.25, -0.2) is 0 Å². The average Bonchev–Trinajstić information content (AvgIpc) is 2.62. The van der Waals surface area contributed by atoms with Crippen molar-refractivity contribution in [2.24, 2.45) is 16.0 Å². The highest BCUT2D eigenvalue weighted by Gasteiger charge is 2.12. The highest BCUT2D eigenvalue weighted by molar-refractivity contribution is 7.80. The number of azo groups is 1. The lowest BCUT2D eigenvalue weighted by molar-refractivity contribution is 0.459. The van der Waals surface area contributed by atoms with E-state index in [0.29, 0.717) is 5.69 Å². The van der Waals surface area contributed by atoms with Gasteiger partial charge in [0.25, 0.3) is 0 Å². The maximum Gasteiger partial charge on any atom is 0.218 e. The maximum atomic E-state index is 9.77. The highest BCUT2D eigenvalue weighted by Crippen LogP contribution is 2.36. The zero-order chi connectivity index (χ0) is 12.4. The Morgan fingerprint density at radius 2 is 2.29 bits per heavy atom. The van der Waals surface area contributed by atoms with Crippen molar-refractivity contribution in [1.82, 2.24) is 4.98 Å². The molecule has 0 bridgehead atoms. The summed E-state index contributed by atoms with van der Waals surface area (Å²) < 4.78 is 0. The maximum absolute atomic E-state index is 9.77. The minimum Gasteiger partial charge on any atom is -0.493 e. The molecular weight excluding hydrogens is 236 g/mol. The van der Waals surface area contributed by atoms with E-state index in [1.54, 1.807) is 0 Å². The lowest BCUT2D eigenvalue weighted by atomic mass is 10.1. The fourth-order valence-corrected chi connectivity index (χ4v) is 1.79. The van der Waals surface area contributed by atoms with Crippen LogP contribution in [0.3, 0.4) is 0 Å². The highest BCUT2D eigenvalue weighted by atomic mass is 32.1. The van der Waals surface area contributed by atoms with Gasteiger partial charge in [0.2, 0.25) is 11.0 Å². The van der Waals surface area contributed by atoms with Gasteiger partial charge < -0.3 is 15.8 Å². The van der Waals surface area contributed by atoms with E-state index >= 15 is 0 Å². The third-order valence-electron chi connectivity index (χ3n) is 2.50. The van der Waals surface area contributed by atoms with Gasteiger partial charge in [0, 0.05) is 5.39 Å². The molecule has 88 valence electrons. The van der Waals surface area contributed by atoms with Crippen LogP contribution in [0.1, 0.15) is 12.5 Å². The number of fused-ring (bicyclic) bond motifs is 1. The van der Waals surface area contributed by atoms with E-state index in [2.05, 4.69) is 27.4 Å². The summed E-state index contributed by atoms with van der Waals surface area (Å²) in [4.78, 5) is 2.89. The van der Waals surface area contributed by atoms with Crippen molar-refractivity contribution in [2.75, 3.05) is 0 Å². The summed E-state index contributed by atoms with van der Waals surface area (Å²) in [6.45, 7) is 2.04. The minimum atomic E-state index is -0.0644. The van der Waals surface area contributed by atoms with Crippen LogP contribution in [0.2, 0.25) is 0 Å². The van der Waals surface area contributed by atoms with E-state index in [1.165, 1.54) is 0 Å². The Balaban J connectivity index is 2.64. The first-order chi connectivity index (χ1) is 8.13. The van der Waals surface area contributed by atoms with Gasteiger partial charge in [0.15, 0.2) is 5.69 Å². The number of hydrogen-bond donors (Lipinski definition) is 3. The van der Waals surface area contributed by atoms with Crippen LogP contribution in [0.15, 0.2) is 28.4 Å². The summed E-state index contributed by atoms with van der Waals surface area (Å²) in [5.41, 5.74) is 7.57. The zero-order valence-electron chi connectivity index (χ0n) is 9.27. The molecule has 4 N–H and O–H groups in total. The second kappa shape index (κ2) is 4.50. The van der Waals surface area contributed by atoms with Crippen molar-refractivity contribution in [3.8, 4) is 5.88 Å². The first kappa shape index (κ1) is 11.5. The molecule has 1 aromatic heterocycles. The summed E-state index contributed by atoms with van der Waals surface area (Å²) in [6, 6.07) is 5.76. The molecule has 2 aromatic rings. The first-order valence-electron chi connectivity index (χ1n) is 5.17. The number of rotatable bonds is 2. The van der Waals surface area contributed by atoms with Crippen molar-refractivity contribution in [1.29, 1.82) is 0 Å². The molecule has 0 saturated heterocycles. The van der Waals surface area contributed by atoms with Gasteiger partial charge in [-0.05, 0) is 24.2 Å². The second-order valence-electron chi connectivity index (χ2n) is 3.55. The number of aryl methyl sites for hydroxylation is 1. The van der Waals surface area contributed by atoms with E-state index < -0.39 is 0 Å². The molecule has 0 aliphatic heterocycles. The lowest BCUT2D eigenvalue weighted by Crippen LogP contribution is -2.01. The molecule has 6 heteroatoms. The van der Waals surface area contributed by atoms with Crippen LogP contribution in [0, 0.1) is 0 Å². The number of aromatic hydroxyl groups is 1. The second-order valence-corrected chi connectivity index (χ2v) is 3.97. The number of hydrogen-bond acceptors (Lipinski definition) is 3. The summed E-state index contributed by atoms with van der Waals surface area (Å²) in [6.07, 6.45) is 0.864. The third-order valence-corrected chi connectivity index (χ3v) is 2.58. The van der Waals surface area contributed by atoms with Crippen LogP contribution >= 0.6 is 12.2 Å². The molecule has 1 aromatic carbocycles. The molecule has 0 aliphatic rings. The number of thiocarbonyl (C=S) groups is 1. The summed E-state index contributed by atoms with van der Waals surface area (Å²) in [5, 5.41) is 18.0. The van der Waals surface area contributed by atoms with E-state index in [9.17, 15) is 5.11 Å². The van der Waals surface area contributed by atoms with Gasteiger partial charge in [0.1, 0.15) is 0 Å². The van der Waals surface area contributed by atoms with E-state index in [4.69, 9.17) is 5.73 Å². The largest absolute Gasteiger partial charge is 0.493 e. The molecule has 1 heterocycles. The molecule has 0 unspecified atom stereocenters. The molecule has 0 spiro atoms. The van der Waals surface area contributed by atoms with Crippen LogP contribution in [-0.2, 0) is 6.42 Å². The Kier molecular flexibility index (Phi) is 3.06. The number of benzene rings is 1. The summed E-state index contributed by atoms with van der Waals surface area (Å²) in [7, 11) is 0. The number of nitrogens with one attached hydrogen (secondary N) is 1. The Morgan fingerprint density at radius 1 is 1.53 bits per heavy atom. The van der Waals surface area contributed by atoms with Gasteiger partial charge in [-0.1, -0.05) is 25.1 Å². The molecule has 5 nitrogen and oxygen atoms in total. The number of aromatic nitrogens is 1. The van der Waals surface area contributed by atoms with Crippen molar-refractivity contribution >= 4 is 33.9 Å². The average molecular weight is 248 g/mol. The monoisotopic (exact) mass is 248 g/mol. The SMILES string of the molecule is CCc1cccc2c(N=NC(N)=S)c(O)[nH]c12. The first-order valence-corrected chi connectivity index (χ1v) is 5.58. The minimum absolute atomic E-state index is 0.0269. The van der Waals surface area contributed by atoms with Gasteiger partial charge in [-0.2, -0.15) is 0 Å². The topological polar surface area (TPSA) is 86.8 Å². The molecule has 0 radical (unpaired) electrons. The summed E-state index contributed by atoms with van der Waals surface area (Å²) in [5.74, 6) is -0.0269. The smallest absolute Gasteiger partial charge is 0.218 e. The standard InChI is InChI=1S/C11H12N4OS/c1-2-6-4-3-5-7-8(6)13-10(16)9(7)14-15-11(12)17/h3-5,13,16H,2H2,1H3,(H2,12,17). The fourth-order valence-electron chi connectivity index (χ4n) is 1.75. The quantitative estimate of drug-likeness (QED) is 0.564. The van der Waals surface area contributed by atoms with Crippen LogP contribution < -0.4 is 5.73 Å². The summed E-state index contributed by atoms with van der Waals surface area (Å²) >= 11 is 4.61. The number of H-pyrrole nitrogens is 1. The van der Waals surface area contributed by atoms with Crippen molar-refractivity contribution in [3.05, 3.63) is 23.8 Å². The normalized spacial score (nSPS) is 11.4. The lowest BCUT2D eigenvalue weighted by Gasteiger charge is -1.97. The van der Waals surface area contributed by atoms with Gasteiger partial charge in [-0.3, -0.25) is 0 Å². The van der Waals surface area contributed by atoms with Gasteiger partial charge >= 0.3 is 0 Å². The molecular formula is C11H12N4OS. The molecule has 0 fully saturated rings. The molecule has 0 atom stereocenters. The van der Waals surface area contributed by atoms with E-state index in [-0.39, 0.29) is 11.0 Å². The Labute approximate surface area is 103 Å². The Bertz CT molecular complexity index is 603. The predicted molar refractivity (Wildman–Crippen MR) is 70.6 cm³/mol. The Morgan fingerprint density at radius 3 is 2.94 bits per heavy atom. The van der Waals surface area contributed by atoms with Crippen LogP contribution in [0.4, 0.5) is 5.69 Å². The molecule has 0 saturated carbocycles.